The maximum atomic E-state index is 12.2. The number of amides is 1. The third-order valence-corrected chi connectivity index (χ3v) is 3.83. The molecule has 2 aromatic heterocycles. The maximum Gasteiger partial charge on any atom is 0.273 e. The van der Waals surface area contributed by atoms with E-state index in [4.69, 9.17) is 0 Å². The molecule has 2 heterocycles. The normalized spacial score (nSPS) is 10.7. The van der Waals surface area contributed by atoms with Crippen LogP contribution < -0.4 is 5.32 Å². The zero-order valence-electron chi connectivity index (χ0n) is 13.1. The van der Waals surface area contributed by atoms with E-state index in [0.29, 0.717) is 24.1 Å². The van der Waals surface area contributed by atoms with Crippen molar-refractivity contribution < 1.29 is 9.72 Å². The van der Waals surface area contributed by atoms with Crippen molar-refractivity contribution in [1.29, 1.82) is 0 Å². The van der Waals surface area contributed by atoms with Gasteiger partial charge in [0.15, 0.2) is 0 Å². The van der Waals surface area contributed by atoms with Crippen LogP contribution in [0.4, 0.5) is 5.69 Å². The molecule has 0 aliphatic rings. The number of nitrogens with one attached hydrogen (secondary N) is 1. The number of hydrogen-bond donors (Lipinski definition) is 1. The zero-order valence-corrected chi connectivity index (χ0v) is 13.1. The molecule has 1 N–H and O–H groups in total. The molecule has 0 fully saturated rings. The van der Waals surface area contributed by atoms with Crippen molar-refractivity contribution in [3.63, 3.8) is 0 Å². The Morgan fingerprint density at radius 3 is 2.88 bits per heavy atom. The van der Waals surface area contributed by atoms with E-state index in [1.165, 1.54) is 12.1 Å². The number of hydrogen-bond acceptors (Lipinski definition) is 4. The number of rotatable bonds is 5. The summed E-state index contributed by atoms with van der Waals surface area (Å²) in [6, 6.07) is 10.2. The number of aromatic nitrogens is 2. The van der Waals surface area contributed by atoms with E-state index in [1.54, 1.807) is 13.0 Å². The van der Waals surface area contributed by atoms with Crippen LogP contribution in [0.1, 0.15) is 21.6 Å². The lowest BCUT2D eigenvalue weighted by Gasteiger charge is -2.07. The number of carbonyl (C=O) groups excluding carboxylic acids is 1. The number of nitro benzene ring substituents is 1. The van der Waals surface area contributed by atoms with Crippen LogP contribution in [0.15, 0.2) is 48.8 Å². The Hall–Kier alpha value is -3.22. The summed E-state index contributed by atoms with van der Waals surface area (Å²) in [6.07, 6.45) is 4.42. The molecule has 0 unspecified atom stereocenters. The van der Waals surface area contributed by atoms with Crippen LogP contribution in [-0.2, 0) is 6.42 Å². The smallest absolute Gasteiger partial charge is 0.273 e. The number of imidazole rings is 1. The van der Waals surface area contributed by atoms with Gasteiger partial charge >= 0.3 is 0 Å². The number of nitro groups is 1. The summed E-state index contributed by atoms with van der Waals surface area (Å²) in [6.45, 7) is 1.99. The third kappa shape index (κ3) is 3.10. The first-order valence-electron chi connectivity index (χ1n) is 7.51. The summed E-state index contributed by atoms with van der Waals surface area (Å²) in [5.74, 6) is -0.319. The highest BCUT2D eigenvalue weighted by molar-refractivity contribution is 5.96. The second-order valence-electron chi connectivity index (χ2n) is 5.41. The van der Waals surface area contributed by atoms with Gasteiger partial charge in [0.2, 0.25) is 0 Å². The second-order valence-corrected chi connectivity index (χ2v) is 5.41. The van der Waals surface area contributed by atoms with Crippen molar-refractivity contribution in [1.82, 2.24) is 14.7 Å². The van der Waals surface area contributed by atoms with Crippen LogP contribution in [0, 0.1) is 17.0 Å². The molecule has 1 aromatic carbocycles. The van der Waals surface area contributed by atoms with Gasteiger partial charge in [-0.2, -0.15) is 0 Å². The van der Waals surface area contributed by atoms with Crippen molar-refractivity contribution in [2.45, 2.75) is 13.3 Å². The molecule has 0 radical (unpaired) electrons. The predicted molar refractivity (Wildman–Crippen MR) is 89.1 cm³/mol. The Kier molecular flexibility index (Phi) is 4.24. The van der Waals surface area contributed by atoms with Crippen LogP contribution in [0.3, 0.4) is 0 Å². The fraction of sp³-hybridized carbons (Fsp3) is 0.176. The fourth-order valence-corrected chi connectivity index (χ4v) is 2.57. The van der Waals surface area contributed by atoms with Gasteiger partial charge in [-0.05, 0) is 25.1 Å². The van der Waals surface area contributed by atoms with Crippen molar-refractivity contribution in [2.24, 2.45) is 0 Å². The Morgan fingerprint density at radius 1 is 1.29 bits per heavy atom. The molecule has 3 aromatic rings. The lowest BCUT2D eigenvalue weighted by molar-refractivity contribution is -0.385. The average Bonchev–Trinajstić information content (AvgIpc) is 2.97. The summed E-state index contributed by atoms with van der Waals surface area (Å²) < 4.78 is 1.92. The van der Waals surface area contributed by atoms with Crippen molar-refractivity contribution in [2.75, 3.05) is 6.54 Å². The van der Waals surface area contributed by atoms with E-state index in [-0.39, 0.29) is 11.6 Å². The van der Waals surface area contributed by atoms with E-state index in [0.717, 1.165) is 11.3 Å². The first-order chi connectivity index (χ1) is 11.6. The molecule has 0 atom stereocenters. The second kappa shape index (κ2) is 6.49. The Bertz CT molecular complexity index is 884. The molecule has 0 bridgehead atoms. The predicted octanol–water partition coefficient (Wildman–Crippen LogP) is 2.52. The standard InChI is InChI=1S/C17H16N4O3/c1-12-14(5-4-6-15(12)21(23)24)17(22)18-9-8-13-11-20-10-3-2-7-16(20)19-13/h2-7,10-11H,8-9H2,1H3,(H,18,22). The topological polar surface area (TPSA) is 89.5 Å². The molecule has 7 nitrogen and oxygen atoms in total. The summed E-state index contributed by atoms with van der Waals surface area (Å²) >= 11 is 0. The molecule has 0 saturated heterocycles. The molecule has 0 saturated carbocycles. The third-order valence-electron chi connectivity index (χ3n) is 3.83. The van der Waals surface area contributed by atoms with E-state index in [1.807, 2.05) is 35.0 Å². The molecule has 0 aliphatic carbocycles. The van der Waals surface area contributed by atoms with Crippen LogP contribution in [0.2, 0.25) is 0 Å². The molecule has 7 heteroatoms. The Labute approximate surface area is 138 Å². The van der Waals surface area contributed by atoms with Gasteiger partial charge in [-0.25, -0.2) is 4.98 Å². The number of carbonyl (C=O) groups is 1. The van der Waals surface area contributed by atoms with Crippen LogP contribution >= 0.6 is 0 Å². The van der Waals surface area contributed by atoms with Gasteiger partial charge in [-0.1, -0.05) is 12.1 Å². The minimum Gasteiger partial charge on any atom is -0.352 e. The van der Waals surface area contributed by atoms with E-state index in [9.17, 15) is 14.9 Å². The number of pyridine rings is 1. The Morgan fingerprint density at radius 2 is 2.12 bits per heavy atom. The molecule has 0 aliphatic heterocycles. The summed E-state index contributed by atoms with van der Waals surface area (Å²) in [5, 5.41) is 13.7. The quantitative estimate of drug-likeness (QED) is 0.577. The number of nitrogens with zero attached hydrogens (tertiary/aromatic N) is 3. The van der Waals surface area contributed by atoms with Crippen molar-refractivity contribution in [3.05, 3.63) is 75.7 Å². The van der Waals surface area contributed by atoms with Gasteiger partial charge in [0.25, 0.3) is 11.6 Å². The summed E-state index contributed by atoms with van der Waals surface area (Å²) in [5.41, 5.74) is 2.36. The lowest BCUT2D eigenvalue weighted by Crippen LogP contribution is -2.26. The zero-order chi connectivity index (χ0) is 17.1. The van der Waals surface area contributed by atoms with Gasteiger partial charge in [0.05, 0.1) is 10.6 Å². The highest BCUT2D eigenvalue weighted by Gasteiger charge is 2.17. The van der Waals surface area contributed by atoms with E-state index < -0.39 is 4.92 Å². The molecule has 1 amide bonds. The maximum absolute atomic E-state index is 12.2. The van der Waals surface area contributed by atoms with Crippen LogP contribution in [0.5, 0.6) is 0 Å². The molecular formula is C17H16N4O3. The molecular weight excluding hydrogens is 308 g/mol. The SMILES string of the molecule is Cc1c(C(=O)NCCc2cn3ccccc3n2)cccc1[N+](=O)[O-]. The lowest BCUT2D eigenvalue weighted by atomic mass is 10.1. The van der Waals surface area contributed by atoms with Gasteiger partial charge in [0.1, 0.15) is 5.65 Å². The van der Waals surface area contributed by atoms with E-state index in [2.05, 4.69) is 10.3 Å². The first-order valence-corrected chi connectivity index (χ1v) is 7.51. The van der Waals surface area contributed by atoms with Gasteiger partial charge in [-0.3, -0.25) is 14.9 Å². The van der Waals surface area contributed by atoms with Crippen molar-refractivity contribution >= 4 is 17.2 Å². The van der Waals surface area contributed by atoms with Gasteiger partial charge in [0, 0.05) is 42.6 Å². The highest BCUT2D eigenvalue weighted by Crippen LogP contribution is 2.20. The first kappa shape index (κ1) is 15.7. The molecule has 122 valence electrons. The molecule has 3 rings (SSSR count). The van der Waals surface area contributed by atoms with Crippen molar-refractivity contribution in [3.8, 4) is 0 Å². The summed E-state index contributed by atoms with van der Waals surface area (Å²) in [7, 11) is 0. The number of benzene rings is 1. The fourth-order valence-electron chi connectivity index (χ4n) is 2.57. The van der Waals surface area contributed by atoms with Gasteiger partial charge < -0.3 is 9.72 Å². The minimum absolute atomic E-state index is 0.0528. The summed E-state index contributed by atoms with van der Waals surface area (Å²) in [4.78, 5) is 27.2. The molecule has 0 spiro atoms. The van der Waals surface area contributed by atoms with Gasteiger partial charge in [-0.15, -0.1) is 0 Å². The monoisotopic (exact) mass is 324 g/mol. The van der Waals surface area contributed by atoms with Crippen LogP contribution in [-0.4, -0.2) is 26.8 Å². The van der Waals surface area contributed by atoms with Crippen LogP contribution in [0.25, 0.3) is 5.65 Å². The van der Waals surface area contributed by atoms with E-state index >= 15 is 0 Å². The largest absolute Gasteiger partial charge is 0.352 e. The highest BCUT2D eigenvalue weighted by atomic mass is 16.6. The molecule has 24 heavy (non-hydrogen) atoms. The average molecular weight is 324 g/mol. The Balaban J connectivity index is 1.65. The minimum atomic E-state index is -0.483. The number of fused-ring (bicyclic) bond motifs is 1.